The zero-order valence-electron chi connectivity index (χ0n) is 19.0. The van der Waals surface area contributed by atoms with Gasteiger partial charge in [0, 0.05) is 11.1 Å². The largest absolute Gasteiger partial charge is 0.295 e. The molecule has 0 fully saturated rings. The third kappa shape index (κ3) is 3.40. The number of aryl methyl sites for hydroxylation is 3. The Morgan fingerprint density at radius 1 is 0.879 bits per heavy atom. The van der Waals surface area contributed by atoms with E-state index >= 15 is 0 Å². The van der Waals surface area contributed by atoms with Gasteiger partial charge in [-0.25, -0.2) is 4.68 Å². The molecule has 0 aliphatic carbocycles. The molecule has 1 aliphatic heterocycles. The summed E-state index contributed by atoms with van der Waals surface area (Å²) < 4.78 is 1.54. The van der Waals surface area contributed by atoms with E-state index in [4.69, 9.17) is 0 Å². The van der Waals surface area contributed by atoms with Gasteiger partial charge in [0.25, 0.3) is 11.5 Å². The maximum absolute atomic E-state index is 13.4. The molecule has 0 radical (unpaired) electrons. The number of hydrogen-bond acceptors (Lipinski definition) is 3. The summed E-state index contributed by atoms with van der Waals surface area (Å²) >= 11 is 0. The summed E-state index contributed by atoms with van der Waals surface area (Å²) in [5.41, 5.74) is 5.64. The molecule has 6 heteroatoms. The van der Waals surface area contributed by atoms with Crippen LogP contribution in [0.3, 0.4) is 0 Å². The van der Waals surface area contributed by atoms with Gasteiger partial charge in [-0.05, 0) is 68.5 Å². The number of carbonyl (C=O) groups excluding carboxylic acids is 1. The summed E-state index contributed by atoms with van der Waals surface area (Å²) in [6.07, 6.45) is 1.65. The lowest BCUT2D eigenvalue weighted by atomic mass is 10.1. The number of H-pyrrole nitrogens is 1. The normalized spacial score (nSPS) is 15.0. The summed E-state index contributed by atoms with van der Waals surface area (Å²) in [5, 5.41) is 11.1. The Morgan fingerprint density at radius 2 is 1.64 bits per heavy atom. The number of benzene rings is 3. The fourth-order valence-corrected chi connectivity index (χ4v) is 4.16. The number of aromatic nitrogens is 2. The Morgan fingerprint density at radius 3 is 2.42 bits per heavy atom. The highest BCUT2D eigenvalue weighted by atomic mass is 16.2. The van der Waals surface area contributed by atoms with Crippen LogP contribution in [0.1, 0.15) is 29.3 Å². The van der Waals surface area contributed by atoms with Crippen LogP contribution in [0.4, 0.5) is 5.69 Å². The number of hydrogen-bond donors (Lipinski definition) is 1. The zero-order valence-corrected chi connectivity index (χ0v) is 19.0. The van der Waals surface area contributed by atoms with Gasteiger partial charge >= 0.3 is 0 Å². The molecule has 3 aromatic carbocycles. The van der Waals surface area contributed by atoms with E-state index in [1.54, 1.807) is 13.0 Å². The molecule has 1 N–H and O–H groups in total. The first-order valence-corrected chi connectivity index (χ1v) is 10.8. The maximum Gasteiger partial charge on any atom is 0.280 e. The van der Waals surface area contributed by atoms with Gasteiger partial charge in [0.2, 0.25) is 0 Å². The smallest absolute Gasteiger partial charge is 0.280 e. The second-order valence-corrected chi connectivity index (χ2v) is 8.42. The van der Waals surface area contributed by atoms with Crippen LogP contribution < -0.4 is 10.6 Å². The lowest BCUT2D eigenvalue weighted by molar-refractivity contribution is -0.114. The van der Waals surface area contributed by atoms with Crippen molar-refractivity contribution in [2.45, 2.75) is 27.7 Å². The number of nitrogens with one attached hydrogen (secondary N) is 1. The van der Waals surface area contributed by atoms with E-state index in [-0.39, 0.29) is 11.5 Å². The highest BCUT2D eigenvalue weighted by Crippen LogP contribution is 2.27. The first-order chi connectivity index (χ1) is 15.8. The Labute approximate surface area is 191 Å². The van der Waals surface area contributed by atoms with Gasteiger partial charge in [-0.15, -0.1) is 0 Å². The van der Waals surface area contributed by atoms with E-state index in [0.29, 0.717) is 28.2 Å². The molecule has 1 aliphatic rings. The summed E-state index contributed by atoms with van der Waals surface area (Å²) in [5.74, 6) is -0.243. The molecule has 6 nitrogen and oxygen atoms in total. The lowest BCUT2D eigenvalue weighted by Gasteiger charge is -2.13. The van der Waals surface area contributed by atoms with Crippen molar-refractivity contribution in [3.05, 3.63) is 99.0 Å². The summed E-state index contributed by atoms with van der Waals surface area (Å²) in [6, 6.07) is 19.6. The van der Waals surface area contributed by atoms with Crippen molar-refractivity contribution >= 4 is 34.2 Å². The Bertz CT molecular complexity index is 1550. The quantitative estimate of drug-likeness (QED) is 0.457. The van der Waals surface area contributed by atoms with Crippen LogP contribution in [0.15, 0.2) is 76.1 Å². The predicted molar refractivity (Wildman–Crippen MR) is 133 cm³/mol. The van der Waals surface area contributed by atoms with Crippen LogP contribution in [0.2, 0.25) is 0 Å². The molecule has 0 saturated heterocycles. The molecular formula is C27H24N4O2. The van der Waals surface area contributed by atoms with E-state index in [0.717, 1.165) is 27.6 Å². The van der Waals surface area contributed by atoms with Crippen molar-refractivity contribution in [3.63, 3.8) is 0 Å². The van der Waals surface area contributed by atoms with Gasteiger partial charge < -0.3 is 0 Å². The van der Waals surface area contributed by atoms with E-state index in [9.17, 15) is 9.59 Å². The maximum atomic E-state index is 13.4. The molecule has 0 saturated carbocycles. The van der Waals surface area contributed by atoms with Gasteiger partial charge in [0.05, 0.1) is 28.2 Å². The zero-order chi connectivity index (χ0) is 23.3. The van der Waals surface area contributed by atoms with E-state index in [1.165, 1.54) is 9.69 Å². The topological polar surface area (TPSA) is 70.5 Å². The standard InChI is InChI=1S/C27H24N4O2/c1-16-12-13-21(14-17(16)2)30-26(32)23(18(3)28-30)15-24-19(4)29-31(27(24)33)25-11-7-9-20-8-5-6-10-22(20)25/h5-15,29H,1-4H3/b23-15-. The summed E-state index contributed by atoms with van der Waals surface area (Å²) in [6.45, 7) is 7.66. The van der Waals surface area contributed by atoms with Crippen molar-refractivity contribution in [2.24, 2.45) is 5.10 Å². The monoisotopic (exact) mass is 436 g/mol. The van der Waals surface area contributed by atoms with Crippen LogP contribution in [-0.4, -0.2) is 21.4 Å². The molecule has 0 spiro atoms. The first-order valence-electron chi connectivity index (χ1n) is 10.8. The molecule has 4 aromatic rings. The SMILES string of the molecule is CC1=NN(c2ccc(C)c(C)c2)C(=O)/C1=C\c1c(C)[nH]n(-c2cccc3ccccc23)c1=O. The van der Waals surface area contributed by atoms with Gasteiger partial charge in [-0.1, -0.05) is 42.5 Å². The number of rotatable bonds is 3. The van der Waals surface area contributed by atoms with Crippen LogP contribution in [-0.2, 0) is 4.79 Å². The van der Waals surface area contributed by atoms with Crippen LogP contribution >= 0.6 is 0 Å². The molecule has 33 heavy (non-hydrogen) atoms. The second-order valence-electron chi connectivity index (χ2n) is 8.42. The first kappa shape index (κ1) is 20.7. The third-order valence-corrected chi connectivity index (χ3v) is 6.21. The number of carbonyl (C=O) groups is 1. The van der Waals surface area contributed by atoms with E-state index < -0.39 is 0 Å². The Kier molecular flexibility index (Phi) is 4.86. The van der Waals surface area contributed by atoms with Crippen LogP contribution in [0.5, 0.6) is 0 Å². The highest BCUT2D eigenvalue weighted by molar-refractivity contribution is 6.32. The fraction of sp³-hybridized carbons (Fsp3) is 0.148. The van der Waals surface area contributed by atoms with Crippen molar-refractivity contribution < 1.29 is 4.79 Å². The van der Waals surface area contributed by atoms with E-state index in [1.807, 2.05) is 81.4 Å². The summed E-state index contributed by atoms with van der Waals surface area (Å²) in [7, 11) is 0. The molecule has 1 aromatic heterocycles. The van der Waals surface area contributed by atoms with Crippen molar-refractivity contribution in [2.75, 3.05) is 5.01 Å². The van der Waals surface area contributed by atoms with Gasteiger partial charge in [-0.2, -0.15) is 10.1 Å². The second kappa shape index (κ2) is 7.74. The molecule has 5 rings (SSSR count). The third-order valence-electron chi connectivity index (χ3n) is 6.21. The molecule has 2 heterocycles. The highest BCUT2D eigenvalue weighted by Gasteiger charge is 2.29. The van der Waals surface area contributed by atoms with Crippen molar-refractivity contribution in [1.29, 1.82) is 0 Å². The molecule has 0 unspecified atom stereocenters. The number of anilines is 1. The van der Waals surface area contributed by atoms with Crippen LogP contribution in [0, 0.1) is 20.8 Å². The average molecular weight is 437 g/mol. The minimum Gasteiger partial charge on any atom is -0.295 e. The number of aromatic amines is 1. The fourth-order valence-electron chi connectivity index (χ4n) is 4.16. The number of fused-ring (bicyclic) bond motifs is 1. The molecule has 164 valence electrons. The lowest BCUT2D eigenvalue weighted by Crippen LogP contribution is -2.22. The van der Waals surface area contributed by atoms with Crippen molar-refractivity contribution in [1.82, 2.24) is 9.78 Å². The minimum absolute atomic E-state index is 0.207. The minimum atomic E-state index is -0.243. The van der Waals surface area contributed by atoms with Gasteiger partial charge in [-0.3, -0.25) is 14.7 Å². The van der Waals surface area contributed by atoms with Gasteiger partial charge in [0.15, 0.2) is 0 Å². The van der Waals surface area contributed by atoms with Crippen molar-refractivity contribution in [3.8, 4) is 5.69 Å². The van der Waals surface area contributed by atoms with Gasteiger partial charge in [0.1, 0.15) is 0 Å². The summed E-state index contributed by atoms with van der Waals surface area (Å²) in [4.78, 5) is 26.6. The van der Waals surface area contributed by atoms with E-state index in [2.05, 4.69) is 10.2 Å². The molecular weight excluding hydrogens is 412 g/mol. The number of hydrazone groups is 1. The average Bonchev–Trinajstić information content (AvgIpc) is 3.25. The number of amides is 1. The number of nitrogens with zero attached hydrogens (tertiary/aromatic N) is 3. The predicted octanol–water partition coefficient (Wildman–Crippen LogP) is 5.05. The van der Waals surface area contributed by atoms with Crippen LogP contribution in [0.25, 0.3) is 22.5 Å². The molecule has 0 bridgehead atoms. The molecule has 0 atom stereocenters. The Balaban J connectivity index is 1.57. The molecule has 1 amide bonds. The Hall–Kier alpha value is -4.19.